The van der Waals surface area contributed by atoms with Gasteiger partial charge in [-0.15, -0.1) is 0 Å². The van der Waals surface area contributed by atoms with Crippen molar-refractivity contribution >= 4 is 11.7 Å². The Hall–Kier alpha value is -1.16. The van der Waals surface area contributed by atoms with Gasteiger partial charge >= 0.3 is 0 Å². The second-order valence-electron chi connectivity index (χ2n) is 2.36. The third-order valence-electron chi connectivity index (χ3n) is 1.55. The number of hydrogen-bond donors (Lipinski definition) is 3. The highest BCUT2D eigenvalue weighted by molar-refractivity contribution is 6.03. The molecule has 0 rings (SSSR count). The van der Waals surface area contributed by atoms with Gasteiger partial charge in [0.05, 0.1) is 6.04 Å². The van der Waals surface area contributed by atoms with Crippen molar-refractivity contribution in [1.82, 2.24) is 10.6 Å². The number of amides is 1. The Morgan fingerprint density at radius 1 is 1.75 bits per heavy atom. The number of amidine groups is 1. The molecule has 4 heteroatoms. The lowest BCUT2D eigenvalue weighted by Gasteiger charge is -2.14. The minimum absolute atomic E-state index is 0.0890. The van der Waals surface area contributed by atoms with Crippen molar-refractivity contribution in [3.05, 3.63) is 12.7 Å². The average molecular weight is 169 g/mol. The summed E-state index contributed by atoms with van der Waals surface area (Å²) >= 11 is 0. The lowest BCUT2D eigenvalue weighted by atomic mass is 10.2. The van der Waals surface area contributed by atoms with Crippen LogP contribution in [0.25, 0.3) is 0 Å². The third-order valence-corrected chi connectivity index (χ3v) is 1.55. The number of nitrogens with one attached hydrogen (secondary N) is 3. The van der Waals surface area contributed by atoms with Gasteiger partial charge in [-0.25, -0.2) is 0 Å². The van der Waals surface area contributed by atoms with Crippen LogP contribution in [-0.2, 0) is 4.79 Å². The summed E-state index contributed by atoms with van der Waals surface area (Å²) in [6.45, 7) is 5.24. The summed E-state index contributed by atoms with van der Waals surface area (Å²) < 4.78 is 0. The van der Waals surface area contributed by atoms with E-state index >= 15 is 0 Å². The molecule has 0 saturated carbocycles. The van der Waals surface area contributed by atoms with Crippen LogP contribution in [0.5, 0.6) is 0 Å². The molecule has 68 valence electrons. The van der Waals surface area contributed by atoms with Crippen LogP contribution in [0.4, 0.5) is 0 Å². The Balaban J connectivity index is 4.00. The van der Waals surface area contributed by atoms with E-state index in [1.54, 1.807) is 7.05 Å². The quantitative estimate of drug-likeness (QED) is 0.321. The molecule has 0 aliphatic rings. The van der Waals surface area contributed by atoms with Crippen LogP contribution in [0, 0.1) is 5.41 Å². The fourth-order valence-electron chi connectivity index (χ4n) is 0.823. The van der Waals surface area contributed by atoms with Gasteiger partial charge in [-0.3, -0.25) is 10.2 Å². The molecule has 0 aromatic rings. The molecule has 0 aliphatic carbocycles. The summed E-state index contributed by atoms with van der Waals surface area (Å²) in [5.74, 6) is -0.154. The van der Waals surface area contributed by atoms with Crippen LogP contribution in [-0.4, -0.2) is 24.8 Å². The Morgan fingerprint density at radius 2 is 2.33 bits per heavy atom. The van der Waals surface area contributed by atoms with E-state index in [0.717, 1.165) is 12.5 Å². The molecule has 1 atom stereocenters. The second kappa shape index (κ2) is 5.49. The molecule has 1 amide bonds. The molecule has 0 spiro atoms. The Morgan fingerprint density at radius 3 is 2.67 bits per heavy atom. The van der Waals surface area contributed by atoms with E-state index in [2.05, 4.69) is 17.2 Å². The number of hydrogen-bond acceptors (Lipinski definition) is 3. The largest absolute Gasteiger partial charge is 0.310 e. The molecule has 0 radical (unpaired) electrons. The van der Waals surface area contributed by atoms with Crippen molar-refractivity contribution in [1.29, 1.82) is 5.41 Å². The van der Waals surface area contributed by atoms with Crippen molar-refractivity contribution in [3.63, 3.8) is 0 Å². The molecule has 0 bridgehead atoms. The normalized spacial score (nSPS) is 11.8. The van der Waals surface area contributed by atoms with Gasteiger partial charge < -0.3 is 10.6 Å². The summed E-state index contributed by atoms with van der Waals surface area (Å²) in [7, 11) is 1.75. The van der Waals surface area contributed by atoms with Crippen LogP contribution >= 0.6 is 0 Å². The summed E-state index contributed by atoms with van der Waals surface area (Å²) in [5, 5.41) is 12.7. The van der Waals surface area contributed by atoms with Crippen LogP contribution in [0.15, 0.2) is 12.7 Å². The molecule has 4 nitrogen and oxygen atoms in total. The topological polar surface area (TPSA) is 65.0 Å². The van der Waals surface area contributed by atoms with Crippen LogP contribution < -0.4 is 10.6 Å². The maximum atomic E-state index is 10.8. The zero-order valence-electron chi connectivity index (χ0n) is 7.48. The van der Waals surface area contributed by atoms with E-state index in [0.29, 0.717) is 0 Å². The minimum atomic E-state index is -0.339. The second-order valence-corrected chi connectivity index (χ2v) is 2.36. The van der Waals surface area contributed by atoms with E-state index in [1.165, 1.54) is 0 Å². The van der Waals surface area contributed by atoms with E-state index in [-0.39, 0.29) is 17.8 Å². The fourth-order valence-corrected chi connectivity index (χ4v) is 0.823. The first-order valence-corrected chi connectivity index (χ1v) is 3.84. The van der Waals surface area contributed by atoms with Gasteiger partial charge in [-0.1, -0.05) is 13.5 Å². The molecular formula is C8H15N3O. The zero-order chi connectivity index (χ0) is 9.56. The first-order valence-electron chi connectivity index (χ1n) is 3.84. The standard InChI is InChI=1S/C8H15N3O/c1-4-6(10-3)8(9)11-7(12)5-2/h5-6,10H,2,4H2,1,3H3,(H2,9,11,12). The molecule has 12 heavy (non-hydrogen) atoms. The molecule has 0 aromatic heterocycles. The number of likely N-dealkylation sites (N-methyl/N-ethyl adjacent to an activating group) is 1. The lowest BCUT2D eigenvalue weighted by Crippen LogP contribution is -2.43. The molecule has 0 aliphatic heterocycles. The Kier molecular flexibility index (Phi) is 4.96. The Bertz CT molecular complexity index is 185. The van der Waals surface area contributed by atoms with Gasteiger partial charge in [0.2, 0.25) is 5.91 Å². The highest BCUT2D eigenvalue weighted by atomic mass is 16.1. The molecule has 0 aromatic carbocycles. The lowest BCUT2D eigenvalue weighted by molar-refractivity contribution is -0.115. The Labute approximate surface area is 72.6 Å². The highest BCUT2D eigenvalue weighted by Crippen LogP contribution is 1.89. The molecule has 1 unspecified atom stereocenters. The van der Waals surface area contributed by atoms with Crippen molar-refractivity contribution in [3.8, 4) is 0 Å². The molecule has 0 heterocycles. The van der Waals surface area contributed by atoms with E-state index in [1.807, 2.05) is 6.92 Å². The monoisotopic (exact) mass is 169 g/mol. The maximum Gasteiger partial charge on any atom is 0.248 e. The molecular weight excluding hydrogens is 154 g/mol. The van der Waals surface area contributed by atoms with Crippen molar-refractivity contribution in [2.24, 2.45) is 0 Å². The average Bonchev–Trinajstić information content (AvgIpc) is 2.06. The van der Waals surface area contributed by atoms with Gasteiger partial charge in [0.1, 0.15) is 5.84 Å². The van der Waals surface area contributed by atoms with E-state index in [4.69, 9.17) is 5.41 Å². The molecule has 3 N–H and O–H groups in total. The molecule has 0 fully saturated rings. The summed E-state index contributed by atoms with van der Waals surface area (Å²) in [6, 6.07) is -0.0890. The zero-order valence-corrected chi connectivity index (χ0v) is 7.48. The van der Waals surface area contributed by atoms with Gasteiger partial charge in [0.25, 0.3) is 0 Å². The first kappa shape index (κ1) is 10.8. The predicted octanol–water partition coefficient (Wildman–Crippen LogP) is 0.264. The summed E-state index contributed by atoms with van der Waals surface area (Å²) in [6.07, 6.45) is 1.92. The number of carbonyl (C=O) groups is 1. The van der Waals surface area contributed by atoms with Gasteiger partial charge in [0.15, 0.2) is 0 Å². The van der Waals surface area contributed by atoms with Crippen molar-refractivity contribution in [2.45, 2.75) is 19.4 Å². The number of rotatable bonds is 4. The first-order chi connectivity index (χ1) is 5.65. The highest BCUT2D eigenvalue weighted by Gasteiger charge is 2.10. The summed E-state index contributed by atoms with van der Waals surface area (Å²) in [4.78, 5) is 10.8. The fraction of sp³-hybridized carbons (Fsp3) is 0.500. The SMILES string of the molecule is C=CC(=O)NC(=N)C(CC)NC. The molecule has 0 saturated heterocycles. The maximum absolute atomic E-state index is 10.8. The van der Waals surface area contributed by atoms with Crippen molar-refractivity contribution < 1.29 is 4.79 Å². The third kappa shape index (κ3) is 3.30. The van der Waals surface area contributed by atoms with Crippen LogP contribution in [0.1, 0.15) is 13.3 Å². The predicted molar refractivity (Wildman–Crippen MR) is 49.2 cm³/mol. The van der Waals surface area contributed by atoms with E-state index < -0.39 is 0 Å². The van der Waals surface area contributed by atoms with Crippen LogP contribution in [0.3, 0.4) is 0 Å². The van der Waals surface area contributed by atoms with Crippen molar-refractivity contribution in [2.75, 3.05) is 7.05 Å². The van der Waals surface area contributed by atoms with Gasteiger partial charge in [-0.05, 0) is 19.5 Å². The van der Waals surface area contributed by atoms with Crippen LogP contribution in [0.2, 0.25) is 0 Å². The smallest absolute Gasteiger partial charge is 0.248 e. The van der Waals surface area contributed by atoms with E-state index in [9.17, 15) is 4.79 Å². The minimum Gasteiger partial charge on any atom is -0.310 e. The number of carbonyl (C=O) groups excluding carboxylic acids is 1. The van der Waals surface area contributed by atoms with Gasteiger partial charge in [-0.2, -0.15) is 0 Å². The summed E-state index contributed by atoms with van der Waals surface area (Å²) in [5.41, 5.74) is 0. The van der Waals surface area contributed by atoms with Gasteiger partial charge in [0, 0.05) is 0 Å².